The molecule has 0 bridgehead atoms. The smallest absolute Gasteiger partial charge is 0.226 e. The van der Waals surface area contributed by atoms with E-state index in [4.69, 9.17) is 15.0 Å². The van der Waals surface area contributed by atoms with Crippen LogP contribution in [0.2, 0.25) is 0 Å². The lowest BCUT2D eigenvalue weighted by Gasteiger charge is -2.07. The van der Waals surface area contributed by atoms with Gasteiger partial charge in [-0.15, -0.1) is 0 Å². The minimum Gasteiger partial charge on any atom is -0.485 e. The third kappa shape index (κ3) is 2.46. The molecule has 0 unspecified atom stereocenters. The van der Waals surface area contributed by atoms with Gasteiger partial charge >= 0.3 is 0 Å². The van der Waals surface area contributed by atoms with Gasteiger partial charge in [0.2, 0.25) is 11.7 Å². The summed E-state index contributed by atoms with van der Waals surface area (Å²) in [5.41, 5.74) is 8.53. The Labute approximate surface area is 111 Å². The summed E-state index contributed by atoms with van der Waals surface area (Å²) in [6.45, 7) is 2.30. The Hall–Kier alpha value is -1.88. The molecule has 0 saturated carbocycles. The van der Waals surface area contributed by atoms with Crippen molar-refractivity contribution in [2.45, 2.75) is 38.8 Å². The number of hydrogen-bond donors (Lipinski definition) is 1. The second-order valence-corrected chi connectivity index (χ2v) is 4.75. The van der Waals surface area contributed by atoms with Gasteiger partial charge in [0.05, 0.1) is 0 Å². The molecule has 100 valence electrons. The molecule has 1 aromatic carbocycles. The van der Waals surface area contributed by atoms with Crippen LogP contribution in [0.5, 0.6) is 5.75 Å². The summed E-state index contributed by atoms with van der Waals surface area (Å²) >= 11 is 0. The summed E-state index contributed by atoms with van der Waals surface area (Å²) in [6.07, 6.45) is 2.78. The highest BCUT2D eigenvalue weighted by Gasteiger charge is 2.19. The lowest BCUT2D eigenvalue weighted by atomic mass is 10.1. The number of hydrogen-bond acceptors (Lipinski definition) is 5. The van der Waals surface area contributed by atoms with Crippen molar-refractivity contribution < 1.29 is 9.26 Å². The molecule has 1 heterocycles. The fourth-order valence-corrected chi connectivity index (χ4v) is 2.36. The van der Waals surface area contributed by atoms with Crippen LogP contribution >= 0.6 is 0 Å². The van der Waals surface area contributed by atoms with E-state index < -0.39 is 0 Å². The quantitative estimate of drug-likeness (QED) is 0.910. The SMILES string of the molecule is CCc1nc(COc2ccc3c(c2)CC[C@H]3N)no1. The number of nitrogens with two attached hydrogens (primary N) is 1. The van der Waals surface area contributed by atoms with Gasteiger partial charge in [-0.3, -0.25) is 0 Å². The number of fused-ring (bicyclic) bond motifs is 1. The summed E-state index contributed by atoms with van der Waals surface area (Å²) in [5, 5.41) is 3.86. The molecule has 0 amide bonds. The van der Waals surface area contributed by atoms with Gasteiger partial charge in [0.25, 0.3) is 0 Å². The van der Waals surface area contributed by atoms with Crippen molar-refractivity contribution in [3.8, 4) is 5.75 Å². The summed E-state index contributed by atoms with van der Waals surface area (Å²) < 4.78 is 10.7. The third-order valence-electron chi connectivity index (χ3n) is 3.42. The highest BCUT2D eigenvalue weighted by atomic mass is 16.5. The first-order valence-electron chi connectivity index (χ1n) is 6.59. The maximum Gasteiger partial charge on any atom is 0.226 e. The topological polar surface area (TPSA) is 74.2 Å². The predicted molar refractivity (Wildman–Crippen MR) is 69.7 cm³/mol. The molecule has 2 aromatic rings. The molecule has 1 atom stereocenters. The Morgan fingerprint density at radius 3 is 3.16 bits per heavy atom. The fourth-order valence-electron chi connectivity index (χ4n) is 2.36. The van der Waals surface area contributed by atoms with Gasteiger partial charge in [-0.25, -0.2) is 0 Å². The Morgan fingerprint density at radius 2 is 2.37 bits per heavy atom. The van der Waals surface area contributed by atoms with Gasteiger partial charge in [0.15, 0.2) is 6.61 Å². The lowest BCUT2D eigenvalue weighted by Crippen LogP contribution is -2.05. The first kappa shape index (κ1) is 12.2. The van der Waals surface area contributed by atoms with E-state index in [1.807, 2.05) is 13.0 Å². The van der Waals surface area contributed by atoms with Crippen LogP contribution < -0.4 is 10.5 Å². The maximum atomic E-state index is 6.01. The van der Waals surface area contributed by atoms with Crippen molar-refractivity contribution in [1.82, 2.24) is 10.1 Å². The van der Waals surface area contributed by atoms with E-state index in [9.17, 15) is 0 Å². The number of aryl methyl sites for hydroxylation is 2. The Balaban J connectivity index is 1.67. The van der Waals surface area contributed by atoms with Crippen LogP contribution in [0.4, 0.5) is 0 Å². The van der Waals surface area contributed by atoms with Crippen molar-refractivity contribution in [2.75, 3.05) is 0 Å². The molecule has 0 radical (unpaired) electrons. The number of nitrogens with zero attached hydrogens (tertiary/aromatic N) is 2. The molecule has 5 heteroatoms. The summed E-state index contributed by atoms with van der Waals surface area (Å²) in [4.78, 5) is 4.21. The van der Waals surface area contributed by atoms with Crippen LogP contribution in [0, 0.1) is 0 Å². The standard InChI is InChI=1S/C14H17N3O2/c1-2-14-16-13(17-19-14)8-18-10-4-5-11-9(7-10)3-6-12(11)15/h4-5,7,12H,2-3,6,8,15H2,1H3/t12-/m1/s1. The molecule has 0 aliphatic heterocycles. The van der Waals surface area contributed by atoms with Gasteiger partial charge in [0, 0.05) is 12.5 Å². The van der Waals surface area contributed by atoms with E-state index in [-0.39, 0.29) is 6.04 Å². The average Bonchev–Trinajstić information content (AvgIpc) is 3.03. The van der Waals surface area contributed by atoms with Crippen molar-refractivity contribution in [2.24, 2.45) is 5.73 Å². The zero-order valence-electron chi connectivity index (χ0n) is 10.9. The van der Waals surface area contributed by atoms with Gasteiger partial charge in [-0.2, -0.15) is 4.98 Å². The number of rotatable bonds is 4. The zero-order valence-corrected chi connectivity index (χ0v) is 10.9. The van der Waals surface area contributed by atoms with Crippen LogP contribution in [-0.4, -0.2) is 10.1 Å². The zero-order chi connectivity index (χ0) is 13.2. The predicted octanol–water partition coefficient (Wildman–Crippen LogP) is 2.16. The lowest BCUT2D eigenvalue weighted by molar-refractivity contribution is 0.285. The van der Waals surface area contributed by atoms with Crippen molar-refractivity contribution in [1.29, 1.82) is 0 Å². The molecule has 0 saturated heterocycles. The van der Waals surface area contributed by atoms with Crippen LogP contribution in [0.25, 0.3) is 0 Å². The molecule has 2 N–H and O–H groups in total. The van der Waals surface area contributed by atoms with Crippen LogP contribution in [0.3, 0.4) is 0 Å². The van der Waals surface area contributed by atoms with Gasteiger partial charge in [-0.1, -0.05) is 18.1 Å². The molecule has 0 spiro atoms. The van der Waals surface area contributed by atoms with Crippen LogP contribution in [0.1, 0.15) is 42.2 Å². The second-order valence-electron chi connectivity index (χ2n) is 4.75. The largest absolute Gasteiger partial charge is 0.485 e. The van der Waals surface area contributed by atoms with Crippen molar-refractivity contribution >= 4 is 0 Å². The van der Waals surface area contributed by atoms with Gasteiger partial charge < -0.3 is 15.0 Å². The van der Waals surface area contributed by atoms with E-state index in [0.717, 1.165) is 25.0 Å². The molecule has 1 aliphatic rings. The Bertz CT molecular complexity index is 580. The number of benzene rings is 1. The number of ether oxygens (including phenoxy) is 1. The Kier molecular flexibility index (Phi) is 3.21. The van der Waals surface area contributed by atoms with E-state index in [1.54, 1.807) is 0 Å². The summed E-state index contributed by atoms with van der Waals surface area (Å²) in [6, 6.07) is 6.23. The minimum absolute atomic E-state index is 0.174. The molecular formula is C14H17N3O2. The first-order chi connectivity index (χ1) is 9.26. The molecule has 1 aromatic heterocycles. The third-order valence-corrected chi connectivity index (χ3v) is 3.42. The second kappa shape index (κ2) is 5.01. The van der Waals surface area contributed by atoms with E-state index >= 15 is 0 Å². The molecule has 19 heavy (non-hydrogen) atoms. The fraction of sp³-hybridized carbons (Fsp3) is 0.429. The molecular weight excluding hydrogens is 242 g/mol. The summed E-state index contributed by atoms with van der Waals surface area (Å²) in [5.74, 6) is 2.04. The van der Waals surface area contributed by atoms with E-state index in [2.05, 4.69) is 22.3 Å². The number of aromatic nitrogens is 2. The van der Waals surface area contributed by atoms with Crippen LogP contribution in [-0.2, 0) is 19.4 Å². The monoisotopic (exact) mass is 259 g/mol. The average molecular weight is 259 g/mol. The summed E-state index contributed by atoms with van der Waals surface area (Å²) in [7, 11) is 0. The van der Waals surface area contributed by atoms with Crippen molar-refractivity contribution in [3.05, 3.63) is 41.0 Å². The molecule has 0 fully saturated rings. The van der Waals surface area contributed by atoms with Gasteiger partial charge in [0.1, 0.15) is 5.75 Å². The maximum absolute atomic E-state index is 6.01. The minimum atomic E-state index is 0.174. The van der Waals surface area contributed by atoms with E-state index in [0.29, 0.717) is 18.3 Å². The highest BCUT2D eigenvalue weighted by molar-refractivity contribution is 5.40. The van der Waals surface area contributed by atoms with E-state index in [1.165, 1.54) is 11.1 Å². The Morgan fingerprint density at radius 1 is 1.47 bits per heavy atom. The first-order valence-corrected chi connectivity index (χ1v) is 6.59. The van der Waals surface area contributed by atoms with Gasteiger partial charge in [-0.05, 0) is 36.1 Å². The molecule has 5 nitrogen and oxygen atoms in total. The molecule has 1 aliphatic carbocycles. The van der Waals surface area contributed by atoms with Crippen molar-refractivity contribution in [3.63, 3.8) is 0 Å². The molecule has 3 rings (SSSR count). The highest BCUT2D eigenvalue weighted by Crippen LogP contribution is 2.31. The van der Waals surface area contributed by atoms with Crippen LogP contribution in [0.15, 0.2) is 22.7 Å². The normalized spacial score (nSPS) is 17.5.